The zero-order valence-electron chi connectivity index (χ0n) is 20.9. The molecule has 0 bridgehead atoms. The first kappa shape index (κ1) is 24.1. The number of para-hydroxylation sites is 1. The minimum Gasteiger partial charge on any atom is -0.466 e. The molecule has 0 radical (unpaired) electrons. The summed E-state index contributed by atoms with van der Waals surface area (Å²) in [5.74, 6) is -0.414. The van der Waals surface area contributed by atoms with Crippen LogP contribution in [0.25, 0.3) is 32.6 Å². The highest BCUT2D eigenvalue weighted by Gasteiger charge is 2.36. The molecule has 0 spiro atoms. The number of hydrogen-bond donors (Lipinski definition) is 2. The van der Waals surface area contributed by atoms with Crippen molar-refractivity contribution in [3.8, 4) is 0 Å². The number of pyridine rings is 1. The first-order chi connectivity index (χ1) is 18.5. The molecule has 1 aliphatic rings. The number of aromatic nitrogens is 2. The Morgan fingerprint density at radius 2 is 2.05 bits per heavy atom. The third-order valence-corrected chi connectivity index (χ3v) is 7.22. The normalized spacial score (nSPS) is 17.9. The maximum atomic E-state index is 14.0. The molecule has 1 saturated heterocycles. The van der Waals surface area contributed by atoms with Crippen LogP contribution in [-0.4, -0.2) is 41.7 Å². The summed E-state index contributed by atoms with van der Waals surface area (Å²) >= 11 is 0. The lowest BCUT2D eigenvalue weighted by molar-refractivity contribution is -0.149. The van der Waals surface area contributed by atoms with Crippen LogP contribution in [0.2, 0.25) is 0 Å². The van der Waals surface area contributed by atoms with E-state index in [9.17, 15) is 14.0 Å². The van der Waals surface area contributed by atoms with E-state index < -0.39 is 11.5 Å². The molecular formula is C29H27FN4O4. The predicted octanol–water partition coefficient (Wildman–Crippen LogP) is 4.51. The van der Waals surface area contributed by atoms with Gasteiger partial charge in [-0.2, -0.15) is 0 Å². The van der Waals surface area contributed by atoms with Crippen molar-refractivity contribution < 1.29 is 18.3 Å². The molecule has 2 unspecified atom stereocenters. The van der Waals surface area contributed by atoms with Crippen molar-refractivity contribution in [3.63, 3.8) is 0 Å². The van der Waals surface area contributed by atoms with Crippen LogP contribution in [0.5, 0.6) is 0 Å². The number of hydrogen-bond acceptors (Lipinski definition) is 7. The molecule has 2 aromatic carbocycles. The molecule has 194 valence electrons. The molecule has 3 aromatic heterocycles. The van der Waals surface area contributed by atoms with E-state index in [0.717, 1.165) is 22.0 Å². The van der Waals surface area contributed by atoms with Crippen molar-refractivity contribution in [2.75, 3.05) is 24.6 Å². The van der Waals surface area contributed by atoms with Gasteiger partial charge in [-0.1, -0.05) is 18.2 Å². The molecule has 6 rings (SSSR count). The summed E-state index contributed by atoms with van der Waals surface area (Å²) in [5, 5.41) is 6.44. The van der Waals surface area contributed by atoms with Gasteiger partial charge in [0.15, 0.2) is 0 Å². The fourth-order valence-corrected chi connectivity index (χ4v) is 5.39. The summed E-state index contributed by atoms with van der Waals surface area (Å²) in [6.07, 6.45) is 2.36. The maximum Gasteiger partial charge on any atom is 0.345 e. The minimum absolute atomic E-state index is 0.156. The standard InChI is InChI=1S/C29H27FN4O4/c1-2-37-28(35)23-16-34(27-21-13-18(30)8-7-17(21)9-11-31-27)12-10-24(23)32-15-19-14-22-26(33-19)20-5-3-4-6-25(20)38-29(22)36/h3-9,11,13-14,23-24,32-33H,2,10,12,15-16H2,1H3. The predicted molar refractivity (Wildman–Crippen MR) is 144 cm³/mol. The van der Waals surface area contributed by atoms with Crippen LogP contribution >= 0.6 is 0 Å². The molecule has 1 aliphatic heterocycles. The van der Waals surface area contributed by atoms with Gasteiger partial charge < -0.3 is 24.4 Å². The summed E-state index contributed by atoms with van der Waals surface area (Å²) < 4.78 is 24.9. The molecule has 38 heavy (non-hydrogen) atoms. The topological polar surface area (TPSA) is 100 Å². The number of esters is 1. The number of nitrogens with one attached hydrogen (secondary N) is 2. The van der Waals surface area contributed by atoms with Gasteiger partial charge in [-0.05, 0) is 55.1 Å². The lowest BCUT2D eigenvalue weighted by Gasteiger charge is -2.38. The van der Waals surface area contributed by atoms with Crippen LogP contribution in [0.3, 0.4) is 0 Å². The van der Waals surface area contributed by atoms with E-state index in [0.29, 0.717) is 48.2 Å². The zero-order chi connectivity index (χ0) is 26.2. The van der Waals surface area contributed by atoms with Gasteiger partial charge in [0.2, 0.25) is 0 Å². The van der Waals surface area contributed by atoms with Gasteiger partial charge in [0, 0.05) is 48.3 Å². The number of piperidine rings is 1. The van der Waals surface area contributed by atoms with E-state index in [1.807, 2.05) is 29.2 Å². The number of halogens is 1. The molecule has 0 aliphatic carbocycles. The quantitative estimate of drug-likeness (QED) is 0.254. The van der Waals surface area contributed by atoms with Crippen LogP contribution in [0, 0.1) is 11.7 Å². The van der Waals surface area contributed by atoms with E-state index in [2.05, 4.69) is 15.3 Å². The van der Waals surface area contributed by atoms with Crippen molar-refractivity contribution in [3.05, 3.63) is 82.7 Å². The van der Waals surface area contributed by atoms with Crippen molar-refractivity contribution in [1.29, 1.82) is 0 Å². The first-order valence-electron chi connectivity index (χ1n) is 12.7. The highest BCUT2D eigenvalue weighted by atomic mass is 19.1. The molecule has 9 heteroatoms. The van der Waals surface area contributed by atoms with Crippen LogP contribution in [0.4, 0.5) is 10.2 Å². The summed E-state index contributed by atoms with van der Waals surface area (Å²) in [4.78, 5) is 35.4. The Bertz CT molecular complexity index is 1710. The van der Waals surface area contributed by atoms with Gasteiger partial charge in [-0.15, -0.1) is 0 Å². The second-order valence-corrected chi connectivity index (χ2v) is 9.55. The number of anilines is 1. The average molecular weight is 515 g/mol. The fraction of sp³-hybridized carbons (Fsp3) is 0.276. The molecule has 1 fully saturated rings. The molecule has 0 amide bonds. The average Bonchev–Trinajstić information content (AvgIpc) is 3.37. The summed E-state index contributed by atoms with van der Waals surface area (Å²) in [6.45, 7) is 3.53. The second-order valence-electron chi connectivity index (χ2n) is 9.55. The zero-order valence-corrected chi connectivity index (χ0v) is 20.9. The summed E-state index contributed by atoms with van der Waals surface area (Å²) in [7, 11) is 0. The second kappa shape index (κ2) is 9.90. The third-order valence-electron chi connectivity index (χ3n) is 7.22. The van der Waals surface area contributed by atoms with Crippen molar-refractivity contribution in [2.24, 2.45) is 5.92 Å². The Morgan fingerprint density at radius 1 is 1.18 bits per heavy atom. The minimum atomic E-state index is -0.454. The highest BCUT2D eigenvalue weighted by Crippen LogP contribution is 2.30. The van der Waals surface area contributed by atoms with Gasteiger partial charge in [0.1, 0.15) is 17.2 Å². The molecule has 5 aromatic rings. The number of ether oxygens (including phenoxy) is 1. The fourth-order valence-electron chi connectivity index (χ4n) is 5.39. The van der Waals surface area contributed by atoms with E-state index in [1.165, 1.54) is 12.1 Å². The Labute approximate surface area is 217 Å². The van der Waals surface area contributed by atoms with Gasteiger partial charge in [0.05, 0.1) is 23.4 Å². The number of rotatable bonds is 6. The molecule has 8 nitrogen and oxygen atoms in total. The van der Waals surface area contributed by atoms with Crippen LogP contribution in [0.15, 0.2) is 70.0 Å². The van der Waals surface area contributed by atoms with E-state index in [1.54, 1.807) is 31.3 Å². The lowest BCUT2D eigenvalue weighted by Crippen LogP contribution is -2.52. The van der Waals surface area contributed by atoms with Gasteiger partial charge in [-0.25, -0.2) is 14.2 Å². The Kier molecular flexibility index (Phi) is 6.29. The van der Waals surface area contributed by atoms with Crippen molar-refractivity contribution in [2.45, 2.75) is 25.9 Å². The van der Waals surface area contributed by atoms with Gasteiger partial charge >= 0.3 is 11.6 Å². The Hall–Kier alpha value is -4.24. The molecular weight excluding hydrogens is 487 g/mol. The van der Waals surface area contributed by atoms with E-state index in [-0.39, 0.29) is 24.4 Å². The number of carbonyl (C=O) groups excluding carboxylic acids is 1. The molecule has 0 saturated carbocycles. The van der Waals surface area contributed by atoms with Crippen LogP contribution in [0.1, 0.15) is 19.0 Å². The number of aromatic amines is 1. The van der Waals surface area contributed by atoms with E-state index >= 15 is 0 Å². The Morgan fingerprint density at radius 3 is 2.92 bits per heavy atom. The van der Waals surface area contributed by atoms with Crippen LogP contribution < -0.4 is 15.8 Å². The van der Waals surface area contributed by atoms with Crippen molar-refractivity contribution in [1.82, 2.24) is 15.3 Å². The SMILES string of the molecule is CCOC(=O)C1CN(c2nccc3ccc(F)cc23)CCC1NCc1cc2c(=O)oc3ccccc3c2[nH]1. The van der Waals surface area contributed by atoms with Gasteiger partial charge in [0.25, 0.3) is 0 Å². The summed E-state index contributed by atoms with van der Waals surface area (Å²) in [5.41, 5.74) is 1.69. The van der Waals surface area contributed by atoms with Crippen molar-refractivity contribution >= 4 is 44.4 Å². The van der Waals surface area contributed by atoms with Crippen LogP contribution in [-0.2, 0) is 16.1 Å². The van der Waals surface area contributed by atoms with Gasteiger partial charge in [-0.3, -0.25) is 4.79 Å². The number of nitrogens with zero attached hydrogens (tertiary/aromatic N) is 2. The van der Waals surface area contributed by atoms with E-state index in [4.69, 9.17) is 9.15 Å². The molecule has 4 heterocycles. The number of H-pyrrole nitrogens is 1. The number of carbonyl (C=O) groups is 1. The lowest BCUT2D eigenvalue weighted by atomic mass is 9.91. The number of benzene rings is 2. The smallest absolute Gasteiger partial charge is 0.345 e. The largest absolute Gasteiger partial charge is 0.466 e. The summed E-state index contributed by atoms with van der Waals surface area (Å²) in [6, 6.07) is 15.5. The third kappa shape index (κ3) is 4.39. The highest BCUT2D eigenvalue weighted by molar-refractivity contribution is 6.02. The Balaban J connectivity index is 1.25. The molecule has 2 N–H and O–H groups in total. The number of fused-ring (bicyclic) bond motifs is 4. The monoisotopic (exact) mass is 514 g/mol. The molecule has 2 atom stereocenters. The first-order valence-corrected chi connectivity index (χ1v) is 12.7. The maximum absolute atomic E-state index is 14.0.